The second-order valence-corrected chi connectivity index (χ2v) is 14.4. The van der Waals surface area contributed by atoms with Crippen molar-refractivity contribution >= 4 is 76.4 Å². The van der Waals surface area contributed by atoms with Crippen molar-refractivity contribution in [3.63, 3.8) is 0 Å². The van der Waals surface area contributed by atoms with Crippen LogP contribution in [0, 0.1) is 5.92 Å². The summed E-state index contributed by atoms with van der Waals surface area (Å²) in [5.74, 6) is -3.90. The SMILES string of the molecule is CC(=O)OC[C@H]1C[C@@H](NC(=S)Nc2cc(CN3C(=O)N(c4ccc(SC(F)(F)F)cc4)C(=O)C3(C)C)ccn2)[C@H](OC(C)=O)[C@@H](OC(C)=O)[C@@H]1OC(C)=O. The van der Waals surface area contributed by atoms with Crippen molar-refractivity contribution in [2.45, 2.75) is 94.8 Å². The molecule has 2 heterocycles. The lowest BCUT2D eigenvalue weighted by atomic mass is 9.79. The van der Waals surface area contributed by atoms with Crippen molar-refractivity contribution in [2.24, 2.45) is 5.92 Å². The van der Waals surface area contributed by atoms with E-state index in [0.29, 0.717) is 5.56 Å². The number of anilines is 2. The van der Waals surface area contributed by atoms with Gasteiger partial charge in [-0.2, -0.15) is 13.2 Å². The molecule has 1 aromatic heterocycles. The van der Waals surface area contributed by atoms with Crippen LogP contribution in [0.25, 0.3) is 0 Å². The summed E-state index contributed by atoms with van der Waals surface area (Å²) in [7, 11) is 0. The number of amides is 3. The third-order valence-electron chi connectivity index (χ3n) is 8.35. The Morgan fingerprint density at radius 1 is 0.926 bits per heavy atom. The molecule has 1 saturated carbocycles. The summed E-state index contributed by atoms with van der Waals surface area (Å²) in [5, 5.41) is 5.92. The lowest BCUT2D eigenvalue weighted by Gasteiger charge is -2.44. The van der Waals surface area contributed by atoms with Gasteiger partial charge in [0.25, 0.3) is 5.91 Å². The molecule has 2 N–H and O–H groups in total. The zero-order valence-corrected chi connectivity index (χ0v) is 31.6. The van der Waals surface area contributed by atoms with Crippen LogP contribution in [0.4, 0.5) is 29.5 Å². The molecule has 1 aliphatic carbocycles. The molecule has 3 amide bonds. The molecule has 4 rings (SSSR count). The topological polar surface area (TPSA) is 183 Å². The van der Waals surface area contributed by atoms with E-state index in [1.165, 1.54) is 42.3 Å². The van der Waals surface area contributed by atoms with E-state index in [1.807, 2.05) is 0 Å². The maximum absolute atomic E-state index is 13.6. The van der Waals surface area contributed by atoms with Crippen molar-refractivity contribution in [1.82, 2.24) is 15.2 Å². The molecule has 0 radical (unpaired) electrons. The second-order valence-electron chi connectivity index (χ2n) is 12.9. The minimum absolute atomic E-state index is 0.0217. The number of hydrogen-bond acceptors (Lipinski definition) is 13. The highest BCUT2D eigenvalue weighted by Crippen LogP contribution is 2.39. The standard InChI is InChI=1S/C34H38F3N5O10S2/c1-17(43)49-16-22-14-25(28(51-19(3)45)29(52-20(4)46)27(22)50-18(2)44)39-31(53)40-26-13-21(11-12-38-26)15-41-32(48)42(30(47)33(41,5)6)23-7-9-24(10-8-23)54-34(35,36)37/h7-13,22,25,27-29H,14-16H2,1-6H3,(H2,38,39,40,53)/t22-,25-,27-,28+,29+/m1/s1. The highest BCUT2D eigenvalue weighted by Gasteiger charge is 2.53. The molecule has 292 valence electrons. The fourth-order valence-electron chi connectivity index (χ4n) is 6.10. The number of imide groups is 1. The molecule has 0 unspecified atom stereocenters. The first kappa shape index (κ1) is 41.8. The molecule has 2 aliphatic rings. The third-order valence-corrected chi connectivity index (χ3v) is 9.31. The Hall–Kier alpha value is -4.98. The van der Waals surface area contributed by atoms with Crippen LogP contribution in [-0.2, 0) is 49.5 Å². The minimum Gasteiger partial charge on any atom is -0.465 e. The van der Waals surface area contributed by atoms with Gasteiger partial charge in [0.05, 0.1) is 18.3 Å². The molecule has 2 fully saturated rings. The van der Waals surface area contributed by atoms with Gasteiger partial charge in [0, 0.05) is 51.2 Å². The fraction of sp³-hybridized carbons (Fsp3) is 0.471. The quantitative estimate of drug-likeness (QED) is 0.107. The molecule has 54 heavy (non-hydrogen) atoms. The van der Waals surface area contributed by atoms with E-state index in [9.17, 15) is 41.9 Å². The highest BCUT2D eigenvalue weighted by molar-refractivity contribution is 8.00. The number of esters is 4. The Morgan fingerprint density at radius 2 is 1.52 bits per heavy atom. The number of alkyl halides is 3. The highest BCUT2D eigenvalue weighted by atomic mass is 32.2. The molecule has 0 spiro atoms. The molecule has 0 bridgehead atoms. The summed E-state index contributed by atoms with van der Waals surface area (Å²) < 4.78 is 60.2. The van der Waals surface area contributed by atoms with Gasteiger partial charge in [0.2, 0.25) is 0 Å². The molecule has 1 aliphatic heterocycles. The van der Waals surface area contributed by atoms with Crippen molar-refractivity contribution in [3.05, 3.63) is 48.2 Å². The number of nitrogens with one attached hydrogen (secondary N) is 2. The van der Waals surface area contributed by atoms with Gasteiger partial charge in [-0.1, -0.05) is 0 Å². The van der Waals surface area contributed by atoms with Crippen LogP contribution in [0.5, 0.6) is 0 Å². The Balaban J connectivity index is 1.52. The van der Waals surface area contributed by atoms with Crippen LogP contribution in [-0.4, -0.2) is 92.8 Å². The van der Waals surface area contributed by atoms with E-state index < -0.39 is 77.1 Å². The number of carbonyl (C=O) groups is 6. The molecular weight excluding hydrogens is 760 g/mol. The molecule has 20 heteroatoms. The largest absolute Gasteiger partial charge is 0.465 e. The van der Waals surface area contributed by atoms with Crippen LogP contribution in [0.3, 0.4) is 0 Å². The predicted octanol–water partition coefficient (Wildman–Crippen LogP) is 4.47. The Kier molecular flexibility index (Phi) is 13.2. The smallest absolute Gasteiger partial charge is 0.446 e. The number of pyridine rings is 1. The molecule has 1 aromatic carbocycles. The van der Waals surface area contributed by atoms with Gasteiger partial charge in [-0.25, -0.2) is 14.7 Å². The normalized spacial score (nSPS) is 22.3. The van der Waals surface area contributed by atoms with Gasteiger partial charge < -0.3 is 34.5 Å². The van der Waals surface area contributed by atoms with Crippen LogP contribution in [0.15, 0.2) is 47.5 Å². The number of nitrogens with zero attached hydrogens (tertiary/aromatic N) is 3. The van der Waals surface area contributed by atoms with Crippen LogP contribution < -0.4 is 15.5 Å². The van der Waals surface area contributed by atoms with Gasteiger partial charge in [0.1, 0.15) is 17.5 Å². The molecular formula is C34H38F3N5O10S2. The number of rotatable bonds is 11. The third kappa shape index (κ3) is 10.6. The van der Waals surface area contributed by atoms with Crippen molar-refractivity contribution in [1.29, 1.82) is 0 Å². The van der Waals surface area contributed by atoms with Gasteiger partial charge >= 0.3 is 35.4 Å². The molecule has 1 saturated heterocycles. The number of carbonyl (C=O) groups excluding carboxylic acids is 6. The maximum Gasteiger partial charge on any atom is 0.446 e. The zero-order valence-electron chi connectivity index (χ0n) is 29.9. The second kappa shape index (κ2) is 17.0. The number of urea groups is 1. The average Bonchev–Trinajstić information content (AvgIpc) is 3.21. The monoisotopic (exact) mass is 797 g/mol. The van der Waals surface area contributed by atoms with E-state index in [0.717, 1.165) is 25.7 Å². The molecule has 5 atom stereocenters. The summed E-state index contributed by atoms with van der Waals surface area (Å²) in [6.07, 6.45) is -2.18. The van der Waals surface area contributed by atoms with Gasteiger partial charge in [-0.3, -0.25) is 24.0 Å². The molecule has 2 aromatic rings. The lowest BCUT2D eigenvalue weighted by Crippen LogP contribution is -2.63. The summed E-state index contributed by atoms with van der Waals surface area (Å²) in [5.41, 5.74) is -5.19. The first-order valence-electron chi connectivity index (χ1n) is 16.4. The van der Waals surface area contributed by atoms with E-state index in [-0.39, 0.29) is 52.8 Å². The predicted molar refractivity (Wildman–Crippen MR) is 190 cm³/mol. The fourth-order valence-corrected chi connectivity index (χ4v) is 6.89. The summed E-state index contributed by atoms with van der Waals surface area (Å²) in [6, 6.07) is 6.53. The van der Waals surface area contributed by atoms with Crippen molar-refractivity contribution in [3.8, 4) is 0 Å². The van der Waals surface area contributed by atoms with Crippen molar-refractivity contribution in [2.75, 3.05) is 16.8 Å². The Labute approximate surface area is 317 Å². The van der Waals surface area contributed by atoms with Crippen molar-refractivity contribution < 1.29 is 60.9 Å². The van der Waals surface area contributed by atoms with Crippen LogP contribution in [0.2, 0.25) is 0 Å². The number of halogens is 3. The van der Waals surface area contributed by atoms with Crippen LogP contribution in [0.1, 0.15) is 53.5 Å². The lowest BCUT2D eigenvalue weighted by molar-refractivity contribution is -0.202. The number of hydrogen-bond donors (Lipinski definition) is 2. The number of thiocarbonyl (C=S) groups is 1. The van der Waals surface area contributed by atoms with E-state index in [1.54, 1.807) is 26.0 Å². The minimum atomic E-state index is -4.50. The van der Waals surface area contributed by atoms with Gasteiger partial charge in [0.15, 0.2) is 17.3 Å². The first-order chi connectivity index (χ1) is 25.2. The van der Waals surface area contributed by atoms with E-state index in [2.05, 4.69) is 15.6 Å². The average molecular weight is 798 g/mol. The number of thioether (sulfide) groups is 1. The maximum atomic E-state index is 13.6. The number of benzene rings is 1. The summed E-state index contributed by atoms with van der Waals surface area (Å²) in [6.45, 7) is 7.42. The Bertz CT molecular complexity index is 1800. The van der Waals surface area contributed by atoms with Crippen LogP contribution >= 0.6 is 24.0 Å². The summed E-state index contributed by atoms with van der Waals surface area (Å²) in [4.78, 5) is 81.5. The Morgan fingerprint density at radius 3 is 2.09 bits per heavy atom. The van der Waals surface area contributed by atoms with Gasteiger partial charge in [-0.05, 0) is 86.2 Å². The number of aromatic nitrogens is 1. The zero-order chi connectivity index (χ0) is 40.1. The molecule has 15 nitrogen and oxygen atoms in total. The first-order valence-corrected chi connectivity index (χ1v) is 17.6. The van der Waals surface area contributed by atoms with E-state index in [4.69, 9.17) is 31.2 Å². The summed E-state index contributed by atoms with van der Waals surface area (Å²) >= 11 is 5.24. The van der Waals surface area contributed by atoms with Gasteiger partial charge in [-0.15, -0.1) is 0 Å². The number of ether oxygens (including phenoxy) is 4. The van der Waals surface area contributed by atoms with E-state index >= 15 is 0 Å².